The predicted octanol–water partition coefficient (Wildman–Crippen LogP) is 2.46. The molecule has 0 aromatic heterocycles. The summed E-state index contributed by atoms with van der Waals surface area (Å²) in [4.78, 5) is 0. The Morgan fingerprint density at radius 1 is 1.40 bits per heavy atom. The van der Waals surface area contributed by atoms with E-state index in [2.05, 4.69) is 5.32 Å². The van der Waals surface area contributed by atoms with Crippen molar-refractivity contribution in [1.82, 2.24) is 0 Å². The zero-order valence-electron chi connectivity index (χ0n) is 8.83. The van der Waals surface area contributed by atoms with E-state index in [4.69, 9.17) is 0 Å². The molecule has 1 fully saturated rings. The van der Waals surface area contributed by atoms with Crippen molar-refractivity contribution >= 4 is 5.69 Å². The minimum atomic E-state index is -0.298. The molecular weight excluding hydrogens is 193 g/mol. The van der Waals surface area contributed by atoms with Crippen molar-refractivity contribution < 1.29 is 9.50 Å². The minimum Gasteiger partial charge on any atom is -0.391 e. The van der Waals surface area contributed by atoms with Gasteiger partial charge < -0.3 is 10.4 Å². The lowest BCUT2D eigenvalue weighted by Gasteiger charge is -2.19. The number of aliphatic hydroxyl groups is 1. The van der Waals surface area contributed by atoms with Gasteiger partial charge in [-0.25, -0.2) is 4.39 Å². The molecule has 0 spiro atoms. The number of aliphatic hydroxyl groups excluding tert-OH is 1. The van der Waals surface area contributed by atoms with Gasteiger partial charge in [-0.3, -0.25) is 0 Å². The van der Waals surface area contributed by atoms with Crippen LogP contribution < -0.4 is 5.32 Å². The molecule has 1 aromatic carbocycles. The number of rotatable bonds is 2. The van der Waals surface area contributed by atoms with Crippen molar-refractivity contribution in [2.45, 2.75) is 38.3 Å². The highest BCUT2D eigenvalue weighted by Gasteiger charge is 2.25. The first-order valence-electron chi connectivity index (χ1n) is 5.38. The molecule has 2 unspecified atom stereocenters. The Hall–Kier alpha value is -1.09. The number of nitrogens with one attached hydrogen (secondary N) is 1. The van der Waals surface area contributed by atoms with E-state index >= 15 is 0 Å². The summed E-state index contributed by atoms with van der Waals surface area (Å²) in [6, 6.07) is 5.06. The molecule has 0 saturated heterocycles. The third-order valence-electron chi connectivity index (χ3n) is 3.09. The normalized spacial score (nSPS) is 25.5. The van der Waals surface area contributed by atoms with Gasteiger partial charge in [0, 0.05) is 11.3 Å². The maximum absolute atomic E-state index is 13.2. The third-order valence-corrected chi connectivity index (χ3v) is 3.09. The second-order valence-corrected chi connectivity index (χ2v) is 4.16. The smallest absolute Gasteiger partial charge is 0.128 e. The van der Waals surface area contributed by atoms with E-state index in [9.17, 15) is 9.50 Å². The molecule has 0 radical (unpaired) electrons. The molecule has 0 aliphatic heterocycles. The van der Waals surface area contributed by atoms with E-state index in [-0.39, 0.29) is 18.0 Å². The molecule has 0 heterocycles. The first kappa shape index (κ1) is 10.4. The van der Waals surface area contributed by atoms with Crippen LogP contribution in [-0.4, -0.2) is 17.3 Å². The highest BCUT2D eigenvalue weighted by atomic mass is 19.1. The Bertz CT molecular complexity index is 353. The zero-order chi connectivity index (χ0) is 10.8. The van der Waals surface area contributed by atoms with Crippen LogP contribution in [0.5, 0.6) is 0 Å². The Morgan fingerprint density at radius 2 is 2.20 bits per heavy atom. The fraction of sp³-hybridized carbons (Fsp3) is 0.500. The SMILES string of the molecule is Cc1c(F)cccc1NC1CCCC1O. The van der Waals surface area contributed by atoms with Gasteiger partial charge in [-0.2, -0.15) is 0 Å². The van der Waals surface area contributed by atoms with Crippen LogP contribution in [0, 0.1) is 12.7 Å². The molecule has 3 heteroatoms. The van der Waals surface area contributed by atoms with Gasteiger partial charge in [-0.1, -0.05) is 6.07 Å². The van der Waals surface area contributed by atoms with Crippen molar-refractivity contribution in [3.05, 3.63) is 29.6 Å². The number of hydrogen-bond donors (Lipinski definition) is 2. The summed E-state index contributed by atoms with van der Waals surface area (Å²) in [7, 11) is 0. The summed E-state index contributed by atoms with van der Waals surface area (Å²) in [5, 5.41) is 12.9. The van der Waals surface area contributed by atoms with Gasteiger partial charge in [0.1, 0.15) is 5.82 Å². The average molecular weight is 209 g/mol. The van der Waals surface area contributed by atoms with Gasteiger partial charge in [0.05, 0.1) is 12.1 Å². The maximum atomic E-state index is 13.2. The van der Waals surface area contributed by atoms with E-state index in [0.717, 1.165) is 24.9 Å². The summed E-state index contributed by atoms with van der Waals surface area (Å²) in [5.74, 6) is -0.201. The molecule has 82 valence electrons. The molecule has 1 aliphatic carbocycles. The van der Waals surface area contributed by atoms with E-state index in [0.29, 0.717) is 5.56 Å². The minimum absolute atomic E-state index is 0.0745. The number of halogens is 1. The monoisotopic (exact) mass is 209 g/mol. The van der Waals surface area contributed by atoms with Crippen molar-refractivity contribution in [3.63, 3.8) is 0 Å². The average Bonchev–Trinajstić information content (AvgIpc) is 2.60. The molecule has 2 N–H and O–H groups in total. The van der Waals surface area contributed by atoms with Crippen LogP contribution in [0.15, 0.2) is 18.2 Å². The van der Waals surface area contributed by atoms with Gasteiger partial charge in [-0.05, 0) is 38.3 Å². The zero-order valence-corrected chi connectivity index (χ0v) is 8.83. The van der Waals surface area contributed by atoms with Crippen LogP contribution in [0.3, 0.4) is 0 Å². The molecule has 2 atom stereocenters. The topological polar surface area (TPSA) is 32.3 Å². The van der Waals surface area contributed by atoms with Gasteiger partial charge in [0.25, 0.3) is 0 Å². The predicted molar refractivity (Wildman–Crippen MR) is 58.4 cm³/mol. The number of anilines is 1. The Morgan fingerprint density at radius 3 is 2.87 bits per heavy atom. The maximum Gasteiger partial charge on any atom is 0.128 e. The van der Waals surface area contributed by atoms with Crippen LogP contribution in [0.4, 0.5) is 10.1 Å². The van der Waals surface area contributed by atoms with Gasteiger partial charge >= 0.3 is 0 Å². The van der Waals surface area contributed by atoms with Crippen LogP contribution in [-0.2, 0) is 0 Å². The lowest BCUT2D eigenvalue weighted by atomic mass is 10.1. The molecule has 2 rings (SSSR count). The largest absolute Gasteiger partial charge is 0.391 e. The first-order chi connectivity index (χ1) is 7.18. The van der Waals surface area contributed by atoms with Gasteiger partial charge in [0.15, 0.2) is 0 Å². The lowest BCUT2D eigenvalue weighted by molar-refractivity contribution is 0.172. The summed E-state index contributed by atoms with van der Waals surface area (Å²) in [6.07, 6.45) is 2.53. The Balaban J connectivity index is 2.13. The van der Waals surface area contributed by atoms with Crippen LogP contribution in [0.2, 0.25) is 0 Å². The summed E-state index contributed by atoms with van der Waals surface area (Å²) in [6.45, 7) is 1.75. The van der Waals surface area contributed by atoms with E-state index < -0.39 is 0 Å². The third kappa shape index (κ3) is 2.12. The highest BCUT2D eigenvalue weighted by molar-refractivity contribution is 5.51. The summed E-state index contributed by atoms with van der Waals surface area (Å²) < 4.78 is 13.2. The van der Waals surface area contributed by atoms with Crippen LogP contribution in [0.1, 0.15) is 24.8 Å². The van der Waals surface area contributed by atoms with Crippen molar-refractivity contribution in [3.8, 4) is 0 Å². The molecule has 2 nitrogen and oxygen atoms in total. The van der Waals surface area contributed by atoms with Crippen LogP contribution in [0.25, 0.3) is 0 Å². The molecule has 0 bridgehead atoms. The molecule has 1 aliphatic rings. The molecule has 1 saturated carbocycles. The van der Waals surface area contributed by atoms with Crippen molar-refractivity contribution in [2.24, 2.45) is 0 Å². The highest BCUT2D eigenvalue weighted by Crippen LogP contribution is 2.25. The number of benzene rings is 1. The second kappa shape index (κ2) is 4.19. The summed E-state index contributed by atoms with van der Waals surface area (Å²) >= 11 is 0. The van der Waals surface area contributed by atoms with Gasteiger partial charge in [-0.15, -0.1) is 0 Å². The second-order valence-electron chi connectivity index (χ2n) is 4.16. The Kier molecular flexibility index (Phi) is 2.91. The standard InChI is InChI=1S/C12H16FNO/c1-8-9(13)4-2-5-10(8)14-11-6-3-7-12(11)15/h2,4-5,11-12,14-15H,3,6-7H2,1H3. The molecule has 0 amide bonds. The summed E-state index contributed by atoms with van der Waals surface area (Å²) in [5.41, 5.74) is 1.41. The molecular formula is C12H16FNO. The fourth-order valence-corrected chi connectivity index (χ4v) is 2.07. The number of hydrogen-bond acceptors (Lipinski definition) is 2. The van der Waals surface area contributed by atoms with E-state index in [1.165, 1.54) is 6.07 Å². The van der Waals surface area contributed by atoms with Gasteiger partial charge in [0.2, 0.25) is 0 Å². The Labute approximate surface area is 89.1 Å². The quantitative estimate of drug-likeness (QED) is 0.784. The van der Waals surface area contributed by atoms with E-state index in [1.807, 2.05) is 6.07 Å². The fourth-order valence-electron chi connectivity index (χ4n) is 2.07. The molecule has 15 heavy (non-hydrogen) atoms. The van der Waals surface area contributed by atoms with Crippen molar-refractivity contribution in [2.75, 3.05) is 5.32 Å². The molecule has 1 aromatic rings. The van der Waals surface area contributed by atoms with Crippen LogP contribution >= 0.6 is 0 Å². The van der Waals surface area contributed by atoms with Crippen molar-refractivity contribution in [1.29, 1.82) is 0 Å². The van der Waals surface area contributed by atoms with E-state index in [1.54, 1.807) is 13.0 Å². The first-order valence-corrected chi connectivity index (χ1v) is 5.38. The lowest BCUT2D eigenvalue weighted by Crippen LogP contribution is -2.28.